The molecule has 5 nitrogen and oxygen atoms in total. The van der Waals surface area contributed by atoms with E-state index in [0.717, 1.165) is 28.7 Å². The number of hydrogen-bond acceptors (Lipinski definition) is 4. The molecule has 0 fully saturated rings. The van der Waals surface area contributed by atoms with Crippen LogP contribution in [0.4, 0.5) is 10.1 Å². The number of carbonyl (C=O) groups is 1. The Morgan fingerprint density at radius 1 is 1.22 bits per heavy atom. The first-order chi connectivity index (χ1) is 13.1. The van der Waals surface area contributed by atoms with Crippen molar-refractivity contribution in [2.75, 3.05) is 11.1 Å². The number of thioether (sulfide) groups is 1. The van der Waals surface area contributed by atoms with E-state index in [4.69, 9.17) is 4.74 Å². The molecule has 1 unspecified atom stereocenters. The summed E-state index contributed by atoms with van der Waals surface area (Å²) in [4.78, 5) is 16.9. The molecule has 0 spiro atoms. The quantitative estimate of drug-likeness (QED) is 0.717. The van der Waals surface area contributed by atoms with E-state index >= 15 is 0 Å². The monoisotopic (exact) mass is 383 g/mol. The number of nitrogens with one attached hydrogen (secondary N) is 1. The van der Waals surface area contributed by atoms with Crippen molar-refractivity contribution >= 4 is 23.4 Å². The zero-order valence-corrected chi connectivity index (χ0v) is 15.5. The summed E-state index contributed by atoms with van der Waals surface area (Å²) in [7, 11) is 0. The SMILES string of the molecule is CC(Oc1ccc(F)cc1)C(=O)Nc1ccc(-c2cn3c(n2)SCC3)cc1. The highest BCUT2D eigenvalue weighted by Crippen LogP contribution is 2.29. The van der Waals surface area contributed by atoms with E-state index in [9.17, 15) is 9.18 Å². The second-order valence-corrected chi connectivity index (χ2v) is 7.29. The van der Waals surface area contributed by atoms with Gasteiger partial charge in [-0.3, -0.25) is 4.79 Å². The van der Waals surface area contributed by atoms with Crippen LogP contribution < -0.4 is 10.1 Å². The number of fused-ring (bicyclic) bond motifs is 1. The predicted octanol–water partition coefficient (Wildman–Crippen LogP) is 4.20. The molecule has 0 aliphatic carbocycles. The molecule has 1 aliphatic heterocycles. The van der Waals surface area contributed by atoms with Gasteiger partial charge in [-0.05, 0) is 43.3 Å². The molecule has 1 amide bonds. The lowest BCUT2D eigenvalue weighted by Crippen LogP contribution is -2.30. The summed E-state index contributed by atoms with van der Waals surface area (Å²) >= 11 is 1.76. The predicted molar refractivity (Wildman–Crippen MR) is 104 cm³/mol. The van der Waals surface area contributed by atoms with Crippen molar-refractivity contribution in [3.8, 4) is 17.0 Å². The first kappa shape index (κ1) is 17.6. The van der Waals surface area contributed by atoms with Crippen molar-refractivity contribution in [3.63, 3.8) is 0 Å². The van der Waals surface area contributed by atoms with E-state index in [1.165, 1.54) is 24.3 Å². The average Bonchev–Trinajstić information content (AvgIpc) is 3.26. The number of hydrogen-bond donors (Lipinski definition) is 1. The van der Waals surface area contributed by atoms with Crippen LogP contribution >= 0.6 is 11.8 Å². The first-order valence-corrected chi connectivity index (χ1v) is 9.60. The van der Waals surface area contributed by atoms with Crippen LogP contribution in [0.15, 0.2) is 59.9 Å². The van der Waals surface area contributed by atoms with Crippen LogP contribution in [0.5, 0.6) is 5.75 Å². The van der Waals surface area contributed by atoms with E-state index in [2.05, 4.69) is 21.1 Å². The maximum Gasteiger partial charge on any atom is 0.265 e. The minimum Gasteiger partial charge on any atom is -0.481 e. The third kappa shape index (κ3) is 3.98. The van der Waals surface area contributed by atoms with E-state index in [0.29, 0.717) is 11.4 Å². The molecule has 1 atom stereocenters. The second kappa shape index (κ2) is 7.44. The summed E-state index contributed by atoms with van der Waals surface area (Å²) in [5, 5.41) is 3.87. The van der Waals surface area contributed by atoms with Crippen molar-refractivity contribution in [2.24, 2.45) is 0 Å². The van der Waals surface area contributed by atoms with Crippen LogP contribution in [-0.2, 0) is 11.3 Å². The average molecular weight is 383 g/mol. The minimum atomic E-state index is -0.705. The largest absolute Gasteiger partial charge is 0.481 e. The molecule has 1 aromatic heterocycles. The maximum atomic E-state index is 12.9. The van der Waals surface area contributed by atoms with Crippen molar-refractivity contribution in [1.29, 1.82) is 0 Å². The van der Waals surface area contributed by atoms with E-state index in [1.54, 1.807) is 18.7 Å². The molecule has 138 valence electrons. The Balaban J connectivity index is 1.38. The Kier molecular flexibility index (Phi) is 4.85. The maximum absolute atomic E-state index is 12.9. The summed E-state index contributed by atoms with van der Waals surface area (Å²) in [6.45, 7) is 2.64. The first-order valence-electron chi connectivity index (χ1n) is 8.62. The van der Waals surface area contributed by atoms with Gasteiger partial charge in [0.2, 0.25) is 0 Å². The number of halogens is 1. The molecular formula is C20H18FN3O2S. The number of ether oxygens (including phenoxy) is 1. The number of rotatable bonds is 5. The van der Waals surface area contributed by atoms with Gasteiger partial charge in [0.1, 0.15) is 11.6 Å². The highest BCUT2D eigenvalue weighted by atomic mass is 32.2. The lowest BCUT2D eigenvalue weighted by Gasteiger charge is -2.15. The van der Waals surface area contributed by atoms with Crippen molar-refractivity contribution in [2.45, 2.75) is 24.7 Å². The number of carbonyl (C=O) groups excluding carboxylic acids is 1. The topological polar surface area (TPSA) is 56.1 Å². The van der Waals surface area contributed by atoms with Crippen LogP contribution in [0.1, 0.15) is 6.92 Å². The Morgan fingerprint density at radius 3 is 2.67 bits per heavy atom. The lowest BCUT2D eigenvalue weighted by atomic mass is 10.1. The molecule has 0 bridgehead atoms. The number of amides is 1. The molecule has 7 heteroatoms. The summed E-state index contributed by atoms with van der Waals surface area (Å²) in [6.07, 6.45) is 1.35. The Bertz CT molecular complexity index is 933. The van der Waals surface area contributed by atoms with Crippen LogP contribution in [0.25, 0.3) is 11.3 Å². The molecule has 4 rings (SSSR count). The minimum absolute atomic E-state index is 0.274. The molecule has 2 heterocycles. The fourth-order valence-corrected chi connectivity index (χ4v) is 3.73. The molecule has 0 saturated heterocycles. The van der Waals surface area contributed by atoms with Crippen LogP contribution in [-0.4, -0.2) is 27.3 Å². The van der Waals surface area contributed by atoms with Gasteiger partial charge in [-0.1, -0.05) is 23.9 Å². The van der Waals surface area contributed by atoms with Crippen molar-refractivity contribution in [1.82, 2.24) is 9.55 Å². The third-order valence-electron chi connectivity index (χ3n) is 4.25. The molecule has 27 heavy (non-hydrogen) atoms. The number of benzene rings is 2. The fraction of sp³-hybridized carbons (Fsp3) is 0.200. The van der Waals surface area contributed by atoms with Gasteiger partial charge in [0.05, 0.1) is 5.69 Å². The zero-order valence-electron chi connectivity index (χ0n) is 14.7. The van der Waals surface area contributed by atoms with Crippen LogP contribution in [0.3, 0.4) is 0 Å². The normalized spacial score (nSPS) is 13.9. The van der Waals surface area contributed by atoms with Gasteiger partial charge in [0, 0.05) is 29.7 Å². The van der Waals surface area contributed by atoms with Gasteiger partial charge in [0.15, 0.2) is 11.3 Å². The van der Waals surface area contributed by atoms with Crippen molar-refractivity contribution < 1.29 is 13.9 Å². The van der Waals surface area contributed by atoms with E-state index < -0.39 is 6.10 Å². The molecular weight excluding hydrogens is 365 g/mol. The van der Waals surface area contributed by atoms with Gasteiger partial charge in [-0.2, -0.15) is 0 Å². The smallest absolute Gasteiger partial charge is 0.265 e. The Labute approximate surface area is 160 Å². The van der Waals surface area contributed by atoms with Crippen molar-refractivity contribution in [3.05, 3.63) is 60.5 Å². The number of aryl methyl sites for hydroxylation is 1. The second-order valence-electron chi connectivity index (χ2n) is 6.23. The summed E-state index contributed by atoms with van der Waals surface area (Å²) in [5.74, 6) is 0.900. The van der Waals surface area contributed by atoms with Crippen LogP contribution in [0.2, 0.25) is 0 Å². The summed E-state index contributed by atoms with van der Waals surface area (Å²) in [6, 6.07) is 13.1. The molecule has 0 saturated carbocycles. The molecule has 3 aromatic rings. The Morgan fingerprint density at radius 2 is 1.96 bits per heavy atom. The zero-order chi connectivity index (χ0) is 18.8. The number of anilines is 1. The number of nitrogens with zero attached hydrogens (tertiary/aromatic N) is 2. The van der Waals surface area contributed by atoms with Gasteiger partial charge in [-0.25, -0.2) is 9.37 Å². The molecule has 0 radical (unpaired) electrons. The Hall–Kier alpha value is -2.80. The van der Waals surface area contributed by atoms with Gasteiger partial charge in [-0.15, -0.1) is 0 Å². The standard InChI is InChI=1S/C20H18FN3O2S/c1-13(26-17-8-4-15(21)5-9-17)19(25)22-16-6-2-14(3-7-16)18-12-24-10-11-27-20(24)23-18/h2-9,12-13H,10-11H2,1H3,(H,22,25). The van der Waals surface area contributed by atoms with Gasteiger partial charge >= 0.3 is 0 Å². The summed E-state index contributed by atoms with van der Waals surface area (Å²) in [5.41, 5.74) is 2.62. The number of imidazole rings is 1. The van der Waals surface area contributed by atoms with E-state index in [-0.39, 0.29) is 11.7 Å². The molecule has 1 aliphatic rings. The van der Waals surface area contributed by atoms with E-state index in [1.807, 2.05) is 24.3 Å². The highest BCUT2D eigenvalue weighted by molar-refractivity contribution is 7.99. The summed E-state index contributed by atoms with van der Waals surface area (Å²) < 4.78 is 20.6. The van der Waals surface area contributed by atoms with Gasteiger partial charge < -0.3 is 14.6 Å². The third-order valence-corrected chi connectivity index (χ3v) is 5.22. The lowest BCUT2D eigenvalue weighted by molar-refractivity contribution is -0.122. The van der Waals surface area contributed by atoms with Crippen LogP contribution in [0, 0.1) is 5.82 Å². The molecule has 2 aromatic carbocycles. The molecule has 1 N–H and O–H groups in total. The highest BCUT2D eigenvalue weighted by Gasteiger charge is 2.17. The van der Waals surface area contributed by atoms with Gasteiger partial charge in [0.25, 0.3) is 5.91 Å². The fourth-order valence-electron chi connectivity index (χ4n) is 2.79. The number of aromatic nitrogens is 2.